The molecule has 1 aromatic carbocycles. The fourth-order valence-corrected chi connectivity index (χ4v) is 8.81. The van der Waals surface area contributed by atoms with Crippen molar-refractivity contribution in [3.8, 4) is 5.75 Å². The van der Waals surface area contributed by atoms with Gasteiger partial charge in [0.25, 0.3) is 0 Å². The maximum atomic E-state index is 13.0. The lowest BCUT2D eigenvalue weighted by atomic mass is 9.29. The smallest absolute Gasteiger partial charge is 0.410 e. The van der Waals surface area contributed by atoms with Crippen LogP contribution in [0.5, 0.6) is 5.75 Å². The molecule has 1 heterocycles. The second kappa shape index (κ2) is 22.0. The van der Waals surface area contributed by atoms with Gasteiger partial charge in [0.15, 0.2) is 0 Å². The van der Waals surface area contributed by atoms with Gasteiger partial charge in [-0.1, -0.05) is 78.7 Å². The Morgan fingerprint density at radius 2 is 1.69 bits per heavy atom. The Bertz CT molecular complexity index is 1290. The molecule has 1 aromatic rings. The molecule has 1 saturated heterocycles. The number of hydrogen-bond donors (Lipinski definition) is 2. The van der Waals surface area contributed by atoms with Crippen LogP contribution < -0.4 is 4.74 Å². The van der Waals surface area contributed by atoms with Crippen LogP contribution in [0.2, 0.25) is 10.4 Å². The maximum absolute atomic E-state index is 13.0. The minimum Gasteiger partial charge on any atom is -0.410 e. The number of hydrogen-bond acceptors (Lipinski definition) is 4. The Morgan fingerprint density at radius 1 is 1.04 bits per heavy atom. The van der Waals surface area contributed by atoms with Gasteiger partial charge in [0, 0.05) is 13.1 Å². The van der Waals surface area contributed by atoms with Gasteiger partial charge in [0.2, 0.25) is 0 Å². The number of thiol groups is 1. The number of piperidine rings is 1. The van der Waals surface area contributed by atoms with Gasteiger partial charge in [-0.2, -0.15) is 12.6 Å². The third-order valence-electron chi connectivity index (χ3n) is 11.8. The number of aryl methyl sites for hydroxylation is 1. The molecular weight excluding hydrogens is 654 g/mol. The summed E-state index contributed by atoms with van der Waals surface area (Å²) in [7, 11) is 22.5. The number of rotatable bonds is 9. The van der Waals surface area contributed by atoms with Gasteiger partial charge in [-0.15, -0.1) is 23.6 Å². The number of fused-ring (bicyclic) bond motifs is 5. The van der Waals surface area contributed by atoms with E-state index in [-0.39, 0.29) is 17.6 Å². The highest BCUT2D eigenvalue weighted by molar-refractivity contribution is 7.80. The van der Waals surface area contributed by atoms with E-state index in [9.17, 15) is 9.90 Å². The molecule has 1 N–H and O–H groups in total. The molecule has 0 bridgehead atoms. The van der Waals surface area contributed by atoms with Crippen molar-refractivity contribution >= 4 is 50.1 Å². The Morgan fingerprint density at radius 3 is 2.27 bits per heavy atom. The first-order valence-corrected chi connectivity index (χ1v) is 20.7. The Kier molecular flexibility index (Phi) is 19.6. The number of aliphatic hydroxyl groups excluding tert-OH is 1. The third kappa shape index (κ3) is 12.1. The summed E-state index contributed by atoms with van der Waals surface area (Å²) in [6.07, 6.45) is 19.9. The molecule has 5 atom stereocenters. The summed E-state index contributed by atoms with van der Waals surface area (Å²) in [6.45, 7) is 20.1. The first kappa shape index (κ1) is 46.4. The van der Waals surface area contributed by atoms with Gasteiger partial charge in [0.05, 0.1) is 37.5 Å². The Hall–Kier alpha value is -1.72. The summed E-state index contributed by atoms with van der Waals surface area (Å²) in [6, 6.07) is 6.38. The van der Waals surface area contributed by atoms with Crippen LogP contribution in [-0.4, -0.2) is 72.4 Å². The highest BCUT2D eigenvalue weighted by atomic mass is 32.1. The Labute approximate surface area is 329 Å². The zero-order valence-electron chi connectivity index (χ0n) is 33.5. The van der Waals surface area contributed by atoms with Crippen LogP contribution in [0.15, 0.2) is 55.2 Å². The van der Waals surface area contributed by atoms with E-state index in [1.54, 1.807) is 6.92 Å². The molecule has 4 nitrogen and oxygen atoms in total. The summed E-state index contributed by atoms with van der Waals surface area (Å²) in [4.78, 5) is 14.9. The summed E-state index contributed by atoms with van der Waals surface area (Å²) in [5.41, 5.74) is 4.36. The second-order valence-corrected chi connectivity index (χ2v) is 16.3. The lowest BCUT2D eigenvalue weighted by Gasteiger charge is -2.50. The van der Waals surface area contributed by atoms with Crippen LogP contribution >= 0.6 is 12.6 Å². The van der Waals surface area contributed by atoms with E-state index < -0.39 is 10.4 Å². The van der Waals surface area contributed by atoms with Gasteiger partial charge >= 0.3 is 6.09 Å². The highest BCUT2D eigenvalue weighted by Gasteiger charge is 2.54. The molecular formula is C43H67B4NO3S. The van der Waals surface area contributed by atoms with Gasteiger partial charge in [-0.25, -0.2) is 4.79 Å². The van der Waals surface area contributed by atoms with Crippen molar-refractivity contribution in [3.63, 3.8) is 0 Å². The SMILES string of the molecule is C=C.CC/C=C\C(=C/CC)C1CCN(C(=O)Oc2ccc3c(c2)CCC2C3CCC3(C)C(O)CCC23)CC1.CCC.[B]C([B])(C)C([B])([B])CCCS. The monoisotopic (exact) mass is 722 g/mol. The summed E-state index contributed by atoms with van der Waals surface area (Å²) < 4.78 is 5.89. The van der Waals surface area contributed by atoms with Crippen molar-refractivity contribution in [1.29, 1.82) is 0 Å². The van der Waals surface area contributed by atoms with Gasteiger partial charge < -0.3 is 14.7 Å². The van der Waals surface area contributed by atoms with Crippen LogP contribution in [-0.2, 0) is 6.42 Å². The number of nitrogens with zero attached hydrogens (tertiary/aromatic N) is 1. The third-order valence-corrected chi connectivity index (χ3v) is 12.1. The van der Waals surface area contributed by atoms with Gasteiger partial charge in [0.1, 0.15) is 5.75 Å². The largest absolute Gasteiger partial charge is 0.415 e. The van der Waals surface area contributed by atoms with Crippen LogP contribution in [0, 0.1) is 23.2 Å². The molecule has 5 rings (SSSR count). The molecule has 0 spiro atoms. The van der Waals surface area contributed by atoms with Crippen molar-refractivity contribution < 1.29 is 14.6 Å². The highest BCUT2D eigenvalue weighted by Crippen LogP contribution is 2.61. The molecule has 52 heavy (non-hydrogen) atoms. The van der Waals surface area contributed by atoms with Crippen molar-refractivity contribution in [2.45, 2.75) is 147 Å². The second-order valence-electron chi connectivity index (χ2n) is 15.8. The van der Waals surface area contributed by atoms with E-state index in [1.807, 2.05) is 11.0 Å². The van der Waals surface area contributed by atoms with Crippen molar-refractivity contribution in [3.05, 3.63) is 66.3 Å². The van der Waals surface area contributed by atoms with E-state index in [4.69, 9.17) is 36.1 Å². The normalized spacial score (nSPS) is 25.9. The van der Waals surface area contributed by atoms with E-state index in [1.165, 1.54) is 36.0 Å². The lowest BCUT2D eigenvalue weighted by Crippen LogP contribution is -2.43. The predicted octanol–water partition coefficient (Wildman–Crippen LogP) is 10.3. The first-order valence-electron chi connectivity index (χ1n) is 20.1. The molecule has 1 aliphatic heterocycles. The molecule has 8 radical (unpaired) electrons. The molecule has 280 valence electrons. The van der Waals surface area contributed by atoms with E-state index in [0.29, 0.717) is 35.8 Å². The number of benzene rings is 1. The molecule has 3 fully saturated rings. The lowest BCUT2D eigenvalue weighted by molar-refractivity contribution is -0.0226. The van der Waals surface area contributed by atoms with Crippen LogP contribution in [0.4, 0.5) is 4.79 Å². The Balaban J connectivity index is 0.000000496. The molecule has 3 aliphatic carbocycles. The fourth-order valence-electron chi connectivity index (χ4n) is 8.66. The number of allylic oxidation sites excluding steroid dienone is 4. The average Bonchev–Trinajstić information content (AvgIpc) is 3.43. The van der Waals surface area contributed by atoms with E-state index >= 15 is 0 Å². The average molecular weight is 721 g/mol. The molecule has 5 unspecified atom stereocenters. The minimum absolute atomic E-state index is 0.112. The number of carbonyl (C=O) groups is 1. The topological polar surface area (TPSA) is 49.8 Å². The summed E-state index contributed by atoms with van der Waals surface area (Å²) in [5.74, 6) is 3.88. The first-order chi connectivity index (χ1) is 24.7. The van der Waals surface area contributed by atoms with Crippen molar-refractivity contribution in [1.82, 2.24) is 4.90 Å². The van der Waals surface area contributed by atoms with Crippen molar-refractivity contribution in [2.24, 2.45) is 23.2 Å². The molecule has 4 aliphatic rings. The van der Waals surface area contributed by atoms with Crippen molar-refractivity contribution in [2.75, 3.05) is 18.8 Å². The van der Waals surface area contributed by atoms with Gasteiger partial charge in [-0.05, 0) is 134 Å². The number of carbonyl (C=O) groups excluding carboxylic acids is 1. The van der Waals surface area contributed by atoms with E-state index in [2.05, 4.69) is 90.8 Å². The molecule has 1 amide bonds. The number of ether oxygens (including phenoxy) is 1. The van der Waals surface area contributed by atoms with Gasteiger partial charge in [-0.3, -0.25) is 0 Å². The van der Waals surface area contributed by atoms with Crippen LogP contribution in [0.3, 0.4) is 0 Å². The quantitative estimate of drug-likeness (QED) is 0.116. The fraction of sp³-hybridized carbons (Fsp3) is 0.698. The summed E-state index contributed by atoms with van der Waals surface area (Å²) >= 11 is 4.04. The number of amides is 1. The van der Waals surface area contributed by atoms with Crippen LogP contribution in [0.1, 0.15) is 136 Å². The standard InChI is InChI=1S/C32H45NO3.C6H10B4S.C3H8.C2H4/c1-4-6-8-22(7-5-2)23-16-19-33(20-17-23)31(35)36-25-10-12-26-24(21-25)9-11-28-27(26)15-18-32(3)29(28)13-14-30(32)34;1-5(7,8)6(9,10)3-2-4-11;1-3-2;1-2/h6-8,10,12,21,23,27-30,34H,4-5,9,11,13-20H2,1-3H3;11H,2-4H2,1H3;3H2,1-2H3;1-2H2/b8-6-,22-7+;;;. The maximum Gasteiger partial charge on any atom is 0.415 e. The minimum atomic E-state index is -1.03. The zero-order valence-corrected chi connectivity index (χ0v) is 34.4. The zero-order chi connectivity index (χ0) is 39.1. The number of aliphatic hydroxyl groups is 1. The van der Waals surface area contributed by atoms with E-state index in [0.717, 1.165) is 76.6 Å². The molecule has 0 aromatic heterocycles. The molecule has 2 saturated carbocycles. The summed E-state index contributed by atoms with van der Waals surface area (Å²) in [5, 5.41) is 8.60. The van der Waals surface area contributed by atoms with Crippen LogP contribution in [0.25, 0.3) is 0 Å². The molecule has 9 heteroatoms. The number of likely N-dealkylation sites (tertiary alicyclic amines) is 1. The predicted molar refractivity (Wildman–Crippen MR) is 230 cm³/mol.